The van der Waals surface area contributed by atoms with Crippen LogP contribution in [0.25, 0.3) is 0 Å². The average molecular weight is 269 g/mol. The van der Waals surface area contributed by atoms with Crippen molar-refractivity contribution in [2.75, 3.05) is 39.4 Å². The lowest BCUT2D eigenvalue weighted by molar-refractivity contribution is -0.144. The van der Waals surface area contributed by atoms with Crippen LogP contribution in [-0.4, -0.2) is 67.0 Å². The molecule has 2 amide bonds. The summed E-state index contributed by atoms with van der Waals surface area (Å²) in [7, 11) is 0. The second-order valence-corrected chi connectivity index (χ2v) is 5.35. The number of hydrogen-bond acceptors (Lipinski definition) is 4. The summed E-state index contributed by atoms with van der Waals surface area (Å²) >= 11 is 0. The number of nitrogens with two attached hydrogens (primary N) is 1. The van der Waals surface area contributed by atoms with Crippen molar-refractivity contribution in [2.45, 2.75) is 25.8 Å². The zero-order valence-electron chi connectivity index (χ0n) is 11.5. The van der Waals surface area contributed by atoms with E-state index in [0.29, 0.717) is 39.4 Å². The van der Waals surface area contributed by atoms with Gasteiger partial charge in [0.2, 0.25) is 11.8 Å². The Hall–Kier alpha value is -1.14. The van der Waals surface area contributed by atoms with Crippen LogP contribution in [0.1, 0.15) is 19.8 Å². The Morgan fingerprint density at radius 3 is 2.53 bits per heavy atom. The van der Waals surface area contributed by atoms with Gasteiger partial charge in [0, 0.05) is 26.2 Å². The monoisotopic (exact) mass is 269 g/mol. The second-order valence-electron chi connectivity index (χ2n) is 5.35. The van der Waals surface area contributed by atoms with Gasteiger partial charge in [0.1, 0.15) is 0 Å². The lowest BCUT2D eigenvalue weighted by atomic mass is 9.96. The maximum atomic E-state index is 12.4. The van der Waals surface area contributed by atoms with E-state index in [1.165, 1.54) is 0 Å². The maximum absolute atomic E-state index is 12.4. The highest BCUT2D eigenvalue weighted by Gasteiger charge is 2.32. The molecule has 2 N–H and O–H groups in total. The Labute approximate surface area is 113 Å². The molecular formula is C13H23N3O3. The Morgan fingerprint density at radius 2 is 1.89 bits per heavy atom. The number of hydrogen-bond donors (Lipinski definition) is 1. The number of carbonyl (C=O) groups excluding carboxylic acids is 2. The van der Waals surface area contributed by atoms with E-state index in [0.717, 1.165) is 12.8 Å². The SMILES string of the molecule is C[C@@H](N)C(=O)N1CCCC(C(=O)N2CCOCC2)C1. The van der Waals surface area contributed by atoms with E-state index >= 15 is 0 Å². The summed E-state index contributed by atoms with van der Waals surface area (Å²) in [6.45, 7) is 5.47. The van der Waals surface area contributed by atoms with Gasteiger partial charge in [-0.2, -0.15) is 0 Å². The van der Waals surface area contributed by atoms with E-state index in [4.69, 9.17) is 10.5 Å². The van der Waals surface area contributed by atoms with Crippen molar-refractivity contribution in [3.8, 4) is 0 Å². The fourth-order valence-corrected chi connectivity index (χ4v) is 2.71. The third-order valence-corrected chi connectivity index (χ3v) is 3.79. The molecule has 2 fully saturated rings. The van der Waals surface area contributed by atoms with Gasteiger partial charge in [-0.05, 0) is 19.8 Å². The molecule has 1 unspecified atom stereocenters. The molecule has 0 aromatic heterocycles. The van der Waals surface area contributed by atoms with Crippen LogP contribution in [0.2, 0.25) is 0 Å². The summed E-state index contributed by atoms with van der Waals surface area (Å²) in [4.78, 5) is 27.9. The molecule has 0 bridgehead atoms. The number of piperidine rings is 1. The predicted octanol–water partition coefficient (Wildman–Crippen LogP) is -0.569. The highest BCUT2D eigenvalue weighted by Crippen LogP contribution is 2.20. The van der Waals surface area contributed by atoms with Crippen LogP contribution in [0.3, 0.4) is 0 Å². The molecule has 0 aliphatic carbocycles. The first-order chi connectivity index (χ1) is 9.09. The minimum Gasteiger partial charge on any atom is -0.378 e. The molecule has 2 atom stereocenters. The van der Waals surface area contributed by atoms with Gasteiger partial charge in [0.25, 0.3) is 0 Å². The molecule has 6 heteroatoms. The Kier molecular flexibility index (Phi) is 4.76. The number of amides is 2. The molecule has 19 heavy (non-hydrogen) atoms. The number of rotatable bonds is 2. The molecule has 2 aliphatic heterocycles. The zero-order valence-corrected chi connectivity index (χ0v) is 11.5. The van der Waals surface area contributed by atoms with Crippen molar-refractivity contribution >= 4 is 11.8 Å². The normalized spacial score (nSPS) is 26.1. The molecule has 0 aromatic carbocycles. The van der Waals surface area contributed by atoms with E-state index in [2.05, 4.69) is 0 Å². The standard InChI is InChI=1S/C13H23N3O3/c1-10(14)12(17)16-4-2-3-11(9-16)13(18)15-5-7-19-8-6-15/h10-11H,2-9,14H2,1H3/t10-,11?/m1/s1. The van der Waals surface area contributed by atoms with Crippen LogP contribution in [0.4, 0.5) is 0 Å². The van der Waals surface area contributed by atoms with Crippen molar-refractivity contribution in [1.29, 1.82) is 0 Å². The average Bonchev–Trinajstić information content (AvgIpc) is 2.46. The lowest BCUT2D eigenvalue weighted by Crippen LogP contribution is -2.51. The molecule has 2 heterocycles. The van der Waals surface area contributed by atoms with Crippen LogP contribution in [0.5, 0.6) is 0 Å². The lowest BCUT2D eigenvalue weighted by Gasteiger charge is -2.36. The number of likely N-dealkylation sites (tertiary alicyclic amines) is 1. The van der Waals surface area contributed by atoms with Crippen molar-refractivity contribution in [3.05, 3.63) is 0 Å². The molecule has 2 saturated heterocycles. The third kappa shape index (κ3) is 3.45. The number of morpholine rings is 1. The zero-order chi connectivity index (χ0) is 13.8. The summed E-state index contributed by atoms with van der Waals surface area (Å²) < 4.78 is 5.25. The van der Waals surface area contributed by atoms with Gasteiger partial charge in [-0.25, -0.2) is 0 Å². The minimum absolute atomic E-state index is 0.0560. The fraction of sp³-hybridized carbons (Fsp3) is 0.846. The van der Waals surface area contributed by atoms with E-state index in [1.54, 1.807) is 11.8 Å². The van der Waals surface area contributed by atoms with Crippen LogP contribution in [-0.2, 0) is 14.3 Å². The smallest absolute Gasteiger partial charge is 0.239 e. The number of carbonyl (C=O) groups is 2. The van der Waals surface area contributed by atoms with E-state index in [-0.39, 0.29) is 17.7 Å². The summed E-state index contributed by atoms with van der Waals surface area (Å²) in [5, 5.41) is 0. The van der Waals surface area contributed by atoms with Crippen molar-refractivity contribution in [2.24, 2.45) is 11.7 Å². The third-order valence-electron chi connectivity index (χ3n) is 3.79. The van der Waals surface area contributed by atoms with Crippen LogP contribution >= 0.6 is 0 Å². The van der Waals surface area contributed by atoms with Crippen molar-refractivity contribution in [1.82, 2.24) is 9.80 Å². The van der Waals surface area contributed by atoms with Gasteiger partial charge >= 0.3 is 0 Å². The quantitative estimate of drug-likeness (QED) is 0.728. The van der Waals surface area contributed by atoms with Gasteiger partial charge in [-0.3, -0.25) is 9.59 Å². The molecular weight excluding hydrogens is 246 g/mol. The molecule has 6 nitrogen and oxygen atoms in total. The van der Waals surface area contributed by atoms with Crippen LogP contribution in [0, 0.1) is 5.92 Å². The fourth-order valence-electron chi connectivity index (χ4n) is 2.71. The molecule has 2 rings (SSSR count). The van der Waals surface area contributed by atoms with E-state index in [1.807, 2.05) is 4.90 Å². The first-order valence-corrected chi connectivity index (χ1v) is 7.00. The predicted molar refractivity (Wildman–Crippen MR) is 70.4 cm³/mol. The molecule has 0 radical (unpaired) electrons. The van der Waals surface area contributed by atoms with Gasteiger partial charge in [0.05, 0.1) is 25.2 Å². The molecule has 0 aromatic rings. The van der Waals surface area contributed by atoms with Gasteiger partial charge in [0.15, 0.2) is 0 Å². The Balaban J connectivity index is 1.92. The largest absolute Gasteiger partial charge is 0.378 e. The van der Waals surface area contributed by atoms with Crippen molar-refractivity contribution in [3.63, 3.8) is 0 Å². The molecule has 0 spiro atoms. The van der Waals surface area contributed by atoms with Gasteiger partial charge < -0.3 is 20.3 Å². The maximum Gasteiger partial charge on any atom is 0.239 e. The first kappa shape index (κ1) is 14.3. The highest BCUT2D eigenvalue weighted by molar-refractivity contribution is 5.83. The molecule has 0 saturated carbocycles. The first-order valence-electron chi connectivity index (χ1n) is 7.00. The second kappa shape index (κ2) is 6.34. The van der Waals surface area contributed by atoms with E-state index < -0.39 is 6.04 Å². The number of nitrogens with zero attached hydrogens (tertiary/aromatic N) is 2. The number of ether oxygens (including phenoxy) is 1. The highest BCUT2D eigenvalue weighted by atomic mass is 16.5. The topological polar surface area (TPSA) is 75.9 Å². The summed E-state index contributed by atoms with van der Waals surface area (Å²) in [6.07, 6.45) is 1.73. The van der Waals surface area contributed by atoms with Gasteiger partial charge in [-0.15, -0.1) is 0 Å². The summed E-state index contributed by atoms with van der Waals surface area (Å²) in [6, 6.07) is -0.489. The minimum atomic E-state index is -0.489. The van der Waals surface area contributed by atoms with E-state index in [9.17, 15) is 9.59 Å². The van der Waals surface area contributed by atoms with Crippen molar-refractivity contribution < 1.29 is 14.3 Å². The van der Waals surface area contributed by atoms with Crippen LogP contribution < -0.4 is 5.73 Å². The summed E-state index contributed by atoms with van der Waals surface area (Å²) in [5.74, 6) is 0.0273. The molecule has 108 valence electrons. The Morgan fingerprint density at radius 1 is 1.21 bits per heavy atom. The summed E-state index contributed by atoms with van der Waals surface area (Å²) in [5.41, 5.74) is 5.63. The van der Waals surface area contributed by atoms with Crippen LogP contribution in [0.15, 0.2) is 0 Å². The van der Waals surface area contributed by atoms with Gasteiger partial charge in [-0.1, -0.05) is 0 Å². The molecule has 2 aliphatic rings. The Bertz CT molecular complexity index is 340.